The molecule has 1 aromatic heterocycles. The van der Waals surface area contributed by atoms with Crippen molar-refractivity contribution in [3.05, 3.63) is 18.0 Å². The highest BCUT2D eigenvalue weighted by Gasteiger charge is 2.40. The summed E-state index contributed by atoms with van der Waals surface area (Å²) in [5.41, 5.74) is 1.03. The van der Waals surface area contributed by atoms with Crippen LogP contribution in [-0.2, 0) is 20.8 Å². The Kier molecular flexibility index (Phi) is 3.13. The smallest absolute Gasteiger partial charge is 0.168 e. The fourth-order valence-corrected chi connectivity index (χ4v) is 2.56. The summed E-state index contributed by atoms with van der Waals surface area (Å²) < 4.78 is 17.2. The molecule has 1 spiro atoms. The van der Waals surface area contributed by atoms with Gasteiger partial charge in [-0.2, -0.15) is 5.10 Å². The number of nitrogens with zero attached hydrogens (tertiary/aromatic N) is 1. The fourth-order valence-electron chi connectivity index (χ4n) is 2.56. The Bertz CT molecular complexity index is 337. The number of rotatable bonds is 3. The van der Waals surface area contributed by atoms with E-state index in [0.29, 0.717) is 12.7 Å². The molecule has 5 nitrogen and oxygen atoms in total. The van der Waals surface area contributed by atoms with Crippen LogP contribution in [-0.4, -0.2) is 35.3 Å². The molecule has 1 saturated heterocycles. The van der Waals surface area contributed by atoms with E-state index in [2.05, 4.69) is 10.2 Å². The van der Waals surface area contributed by atoms with Crippen molar-refractivity contribution in [1.29, 1.82) is 0 Å². The molecule has 2 aliphatic rings. The molecule has 0 unspecified atom stereocenters. The molecule has 1 aromatic rings. The third-order valence-corrected chi connectivity index (χ3v) is 3.54. The molecule has 3 rings (SSSR count). The van der Waals surface area contributed by atoms with Gasteiger partial charge in [-0.15, -0.1) is 0 Å². The van der Waals surface area contributed by atoms with E-state index in [1.807, 2.05) is 6.07 Å². The van der Waals surface area contributed by atoms with Crippen LogP contribution >= 0.6 is 0 Å². The number of aromatic nitrogens is 2. The molecule has 0 amide bonds. The van der Waals surface area contributed by atoms with Crippen molar-refractivity contribution in [2.75, 3.05) is 13.2 Å². The predicted octanol–water partition coefficient (Wildman–Crippen LogP) is 1.61. The van der Waals surface area contributed by atoms with Crippen LogP contribution in [0.1, 0.15) is 31.4 Å². The standard InChI is InChI=1S/C12H18N2O3/c1-4-12(16-7-8-17-12)5-2-11(1)15-9-10-3-6-13-14-10/h3,6,11H,1-2,4-5,7-9H2,(H,13,14). The van der Waals surface area contributed by atoms with Gasteiger partial charge in [-0.05, 0) is 18.9 Å². The Morgan fingerprint density at radius 2 is 2.12 bits per heavy atom. The molecule has 5 heteroatoms. The third-order valence-electron chi connectivity index (χ3n) is 3.54. The maximum Gasteiger partial charge on any atom is 0.168 e. The molecular formula is C12H18N2O3. The van der Waals surface area contributed by atoms with Crippen molar-refractivity contribution in [1.82, 2.24) is 10.2 Å². The van der Waals surface area contributed by atoms with Gasteiger partial charge < -0.3 is 14.2 Å². The van der Waals surface area contributed by atoms with E-state index in [1.54, 1.807) is 6.20 Å². The van der Waals surface area contributed by atoms with Crippen LogP contribution in [0.15, 0.2) is 12.3 Å². The van der Waals surface area contributed by atoms with Crippen molar-refractivity contribution < 1.29 is 14.2 Å². The molecule has 1 aliphatic heterocycles. The van der Waals surface area contributed by atoms with Gasteiger partial charge in [0.25, 0.3) is 0 Å². The summed E-state index contributed by atoms with van der Waals surface area (Å²) in [5.74, 6) is -0.284. The lowest BCUT2D eigenvalue weighted by Crippen LogP contribution is -2.37. The number of ether oxygens (including phenoxy) is 3. The van der Waals surface area contributed by atoms with Gasteiger partial charge in [-0.1, -0.05) is 0 Å². The summed E-state index contributed by atoms with van der Waals surface area (Å²) in [4.78, 5) is 0. The topological polar surface area (TPSA) is 56.4 Å². The quantitative estimate of drug-likeness (QED) is 0.869. The first-order valence-electron chi connectivity index (χ1n) is 6.24. The minimum absolute atomic E-state index is 0.284. The Morgan fingerprint density at radius 3 is 2.76 bits per heavy atom. The number of aromatic amines is 1. The lowest BCUT2D eigenvalue weighted by atomic mass is 9.92. The van der Waals surface area contributed by atoms with Crippen LogP contribution < -0.4 is 0 Å². The van der Waals surface area contributed by atoms with E-state index in [0.717, 1.165) is 44.6 Å². The molecule has 2 fully saturated rings. The second-order valence-corrected chi connectivity index (χ2v) is 4.70. The zero-order chi connectivity index (χ0) is 11.6. The normalized spacial score (nSPS) is 24.5. The summed E-state index contributed by atoms with van der Waals surface area (Å²) in [6, 6.07) is 1.94. The lowest BCUT2D eigenvalue weighted by Gasteiger charge is -2.35. The third kappa shape index (κ3) is 2.51. The predicted molar refractivity (Wildman–Crippen MR) is 60.3 cm³/mol. The van der Waals surface area contributed by atoms with Crippen LogP contribution in [0.2, 0.25) is 0 Å². The summed E-state index contributed by atoms with van der Waals surface area (Å²) in [7, 11) is 0. The first-order valence-corrected chi connectivity index (χ1v) is 6.24. The second-order valence-electron chi connectivity index (χ2n) is 4.70. The van der Waals surface area contributed by atoms with Gasteiger partial charge in [0.2, 0.25) is 0 Å². The largest absolute Gasteiger partial charge is 0.372 e. The van der Waals surface area contributed by atoms with Crippen molar-refractivity contribution >= 4 is 0 Å². The van der Waals surface area contributed by atoms with Gasteiger partial charge in [0.05, 0.1) is 31.6 Å². The first kappa shape index (κ1) is 11.2. The van der Waals surface area contributed by atoms with Crippen LogP contribution in [0.4, 0.5) is 0 Å². The van der Waals surface area contributed by atoms with Gasteiger partial charge in [0.15, 0.2) is 5.79 Å². The molecule has 0 bridgehead atoms. The minimum atomic E-state index is -0.284. The van der Waals surface area contributed by atoms with Gasteiger partial charge >= 0.3 is 0 Å². The van der Waals surface area contributed by atoms with E-state index >= 15 is 0 Å². The maximum absolute atomic E-state index is 5.85. The lowest BCUT2D eigenvalue weighted by molar-refractivity contribution is -0.192. The number of hydrogen-bond acceptors (Lipinski definition) is 4. The van der Waals surface area contributed by atoms with Crippen molar-refractivity contribution in [2.45, 2.75) is 44.2 Å². The van der Waals surface area contributed by atoms with Crippen LogP contribution in [0.5, 0.6) is 0 Å². The van der Waals surface area contributed by atoms with Gasteiger partial charge in [0, 0.05) is 19.0 Å². The summed E-state index contributed by atoms with van der Waals surface area (Å²) in [6.07, 6.45) is 5.97. The highest BCUT2D eigenvalue weighted by atomic mass is 16.7. The van der Waals surface area contributed by atoms with E-state index < -0.39 is 0 Å². The maximum atomic E-state index is 5.85. The number of nitrogens with one attached hydrogen (secondary N) is 1. The van der Waals surface area contributed by atoms with Crippen molar-refractivity contribution in [3.8, 4) is 0 Å². The molecule has 0 radical (unpaired) electrons. The van der Waals surface area contributed by atoms with Gasteiger partial charge in [0.1, 0.15) is 0 Å². The molecular weight excluding hydrogens is 220 g/mol. The molecule has 1 saturated carbocycles. The van der Waals surface area contributed by atoms with E-state index in [-0.39, 0.29) is 5.79 Å². The molecule has 0 atom stereocenters. The molecule has 2 heterocycles. The van der Waals surface area contributed by atoms with Crippen LogP contribution in [0.25, 0.3) is 0 Å². The average molecular weight is 238 g/mol. The molecule has 0 aromatic carbocycles. The van der Waals surface area contributed by atoms with Crippen molar-refractivity contribution in [3.63, 3.8) is 0 Å². The molecule has 1 aliphatic carbocycles. The van der Waals surface area contributed by atoms with E-state index in [4.69, 9.17) is 14.2 Å². The van der Waals surface area contributed by atoms with Crippen LogP contribution in [0.3, 0.4) is 0 Å². The summed E-state index contributed by atoms with van der Waals surface area (Å²) in [6.45, 7) is 2.08. The van der Waals surface area contributed by atoms with Gasteiger partial charge in [-0.25, -0.2) is 0 Å². The van der Waals surface area contributed by atoms with Gasteiger partial charge in [-0.3, -0.25) is 5.10 Å². The van der Waals surface area contributed by atoms with Crippen molar-refractivity contribution in [2.24, 2.45) is 0 Å². The van der Waals surface area contributed by atoms with E-state index in [1.165, 1.54) is 0 Å². The zero-order valence-electron chi connectivity index (χ0n) is 9.85. The first-order chi connectivity index (χ1) is 8.36. The summed E-state index contributed by atoms with van der Waals surface area (Å²) >= 11 is 0. The Hall–Kier alpha value is -0.910. The molecule has 1 N–H and O–H groups in total. The Morgan fingerprint density at radius 1 is 1.35 bits per heavy atom. The van der Waals surface area contributed by atoms with Crippen LogP contribution in [0, 0.1) is 0 Å². The number of hydrogen-bond donors (Lipinski definition) is 1. The monoisotopic (exact) mass is 238 g/mol. The molecule has 17 heavy (non-hydrogen) atoms. The fraction of sp³-hybridized carbons (Fsp3) is 0.750. The Balaban J connectivity index is 1.45. The number of H-pyrrole nitrogens is 1. The second kappa shape index (κ2) is 4.76. The zero-order valence-corrected chi connectivity index (χ0v) is 9.85. The average Bonchev–Trinajstić information content (AvgIpc) is 3.01. The highest BCUT2D eigenvalue weighted by molar-refractivity contribution is 4.95. The highest BCUT2D eigenvalue weighted by Crippen LogP contribution is 2.36. The van der Waals surface area contributed by atoms with E-state index in [9.17, 15) is 0 Å². The molecule has 94 valence electrons. The SMILES string of the molecule is c1cc(COC2CCC3(CC2)OCCO3)[nH]n1. The Labute approximate surface area is 100 Å². The minimum Gasteiger partial charge on any atom is -0.372 e. The summed E-state index contributed by atoms with van der Waals surface area (Å²) in [5, 5.41) is 6.80.